The zero-order valence-electron chi connectivity index (χ0n) is 11.7. The Morgan fingerprint density at radius 3 is 2.80 bits per heavy atom. The monoisotopic (exact) mass is 278 g/mol. The lowest BCUT2D eigenvalue weighted by Gasteiger charge is -2.35. The highest BCUT2D eigenvalue weighted by atomic mass is 16.3. The summed E-state index contributed by atoms with van der Waals surface area (Å²) in [4.78, 5) is 15.5. The zero-order valence-corrected chi connectivity index (χ0v) is 11.7. The number of carbonyl (C=O) groups excluding carboxylic acids is 1. The second-order valence-electron chi connectivity index (χ2n) is 5.79. The van der Waals surface area contributed by atoms with Gasteiger partial charge in [0.15, 0.2) is 0 Å². The van der Waals surface area contributed by atoms with Gasteiger partial charge in [0.05, 0.1) is 23.0 Å². The van der Waals surface area contributed by atoms with Gasteiger partial charge in [-0.25, -0.2) is 4.98 Å². The fourth-order valence-electron chi connectivity index (χ4n) is 2.53. The Hall–Kier alpha value is -1.82. The van der Waals surface area contributed by atoms with Crippen LogP contribution in [0.3, 0.4) is 0 Å². The van der Waals surface area contributed by atoms with Gasteiger partial charge in [0.25, 0.3) is 5.91 Å². The molecule has 0 bridgehead atoms. The maximum absolute atomic E-state index is 11.4. The number of carbonyl (C=O) groups is 1. The molecule has 1 fully saturated rings. The average molecular weight is 278 g/mol. The number of aliphatic hydroxyl groups is 1. The number of amides is 1. The molecule has 1 amide bonds. The summed E-state index contributed by atoms with van der Waals surface area (Å²) in [5, 5.41) is 13.5. The fraction of sp³-hybridized carbons (Fsp3) is 0.571. The van der Waals surface area contributed by atoms with Gasteiger partial charge in [0.1, 0.15) is 5.82 Å². The molecule has 0 aromatic carbocycles. The molecule has 0 radical (unpaired) electrons. The molecule has 0 spiro atoms. The molecular weight excluding hydrogens is 256 g/mol. The lowest BCUT2D eigenvalue weighted by atomic mass is 9.79. The van der Waals surface area contributed by atoms with Gasteiger partial charge in [-0.1, -0.05) is 6.92 Å². The van der Waals surface area contributed by atoms with Crippen LogP contribution in [0.5, 0.6) is 0 Å². The quantitative estimate of drug-likeness (QED) is 0.659. The fourth-order valence-corrected chi connectivity index (χ4v) is 2.53. The largest absolute Gasteiger partial charge is 0.397 e. The minimum Gasteiger partial charge on any atom is -0.397 e. The lowest BCUT2D eigenvalue weighted by molar-refractivity contribution is 0.00492. The van der Waals surface area contributed by atoms with E-state index in [9.17, 15) is 9.90 Å². The van der Waals surface area contributed by atoms with Crippen LogP contribution in [0.1, 0.15) is 43.0 Å². The number of nitrogens with one attached hydrogen (secondary N) is 1. The van der Waals surface area contributed by atoms with Crippen LogP contribution in [0.4, 0.5) is 11.5 Å². The number of hydrogen-bond donors (Lipinski definition) is 4. The molecule has 0 aliphatic heterocycles. The Kier molecular flexibility index (Phi) is 4.13. The maximum atomic E-state index is 11.4. The van der Waals surface area contributed by atoms with Crippen molar-refractivity contribution in [2.24, 2.45) is 11.7 Å². The number of nitrogens with two attached hydrogens (primary N) is 2. The summed E-state index contributed by atoms with van der Waals surface area (Å²) < 4.78 is 0. The van der Waals surface area contributed by atoms with Gasteiger partial charge >= 0.3 is 0 Å². The summed E-state index contributed by atoms with van der Waals surface area (Å²) >= 11 is 0. The second kappa shape index (κ2) is 5.66. The standard InChI is InChI=1S/C14H22N4O2/c1-9-2-4-14(20,5-3-9)8-18-13-11(12(16)19)6-10(15)7-17-13/h6-7,9,20H,2-5,8,15H2,1H3,(H2,16,19)(H,17,18). The summed E-state index contributed by atoms with van der Waals surface area (Å²) in [5.74, 6) is 0.446. The van der Waals surface area contributed by atoms with E-state index in [4.69, 9.17) is 11.5 Å². The first-order valence-electron chi connectivity index (χ1n) is 6.91. The van der Waals surface area contributed by atoms with Crippen molar-refractivity contribution in [1.29, 1.82) is 0 Å². The van der Waals surface area contributed by atoms with E-state index in [1.807, 2.05) is 0 Å². The molecule has 1 heterocycles. The molecule has 1 saturated carbocycles. The number of pyridine rings is 1. The predicted octanol–water partition coefficient (Wildman–Crippen LogP) is 1.12. The van der Waals surface area contributed by atoms with Crippen LogP contribution in [0, 0.1) is 5.92 Å². The van der Waals surface area contributed by atoms with E-state index in [-0.39, 0.29) is 5.56 Å². The molecule has 0 saturated heterocycles. The van der Waals surface area contributed by atoms with Crippen molar-refractivity contribution in [2.45, 2.75) is 38.2 Å². The van der Waals surface area contributed by atoms with E-state index in [1.54, 1.807) is 0 Å². The molecule has 1 aromatic rings. The second-order valence-corrected chi connectivity index (χ2v) is 5.79. The number of rotatable bonds is 4. The van der Waals surface area contributed by atoms with Crippen molar-refractivity contribution >= 4 is 17.4 Å². The van der Waals surface area contributed by atoms with E-state index >= 15 is 0 Å². The van der Waals surface area contributed by atoms with Crippen molar-refractivity contribution < 1.29 is 9.90 Å². The van der Waals surface area contributed by atoms with Gasteiger partial charge in [-0.15, -0.1) is 0 Å². The number of nitrogen functional groups attached to an aromatic ring is 1. The number of hydrogen-bond acceptors (Lipinski definition) is 5. The Bertz CT molecular complexity index is 496. The molecule has 0 unspecified atom stereocenters. The summed E-state index contributed by atoms with van der Waals surface area (Å²) in [5.41, 5.74) is 10.8. The third-order valence-electron chi connectivity index (χ3n) is 3.96. The van der Waals surface area contributed by atoms with Gasteiger partial charge in [0.2, 0.25) is 0 Å². The molecule has 20 heavy (non-hydrogen) atoms. The molecule has 1 aliphatic rings. The summed E-state index contributed by atoms with van der Waals surface area (Å²) in [7, 11) is 0. The summed E-state index contributed by atoms with van der Waals surface area (Å²) in [6.07, 6.45) is 4.98. The number of nitrogens with zero attached hydrogens (tertiary/aromatic N) is 1. The third-order valence-corrected chi connectivity index (χ3v) is 3.96. The van der Waals surface area contributed by atoms with Crippen LogP contribution in [0.15, 0.2) is 12.3 Å². The van der Waals surface area contributed by atoms with Crippen LogP contribution in [-0.2, 0) is 0 Å². The first kappa shape index (κ1) is 14.6. The van der Waals surface area contributed by atoms with E-state index in [2.05, 4.69) is 17.2 Å². The van der Waals surface area contributed by atoms with Crippen molar-refractivity contribution in [2.75, 3.05) is 17.6 Å². The molecule has 6 N–H and O–H groups in total. The molecule has 6 nitrogen and oxygen atoms in total. The van der Waals surface area contributed by atoms with Crippen LogP contribution in [-0.4, -0.2) is 28.1 Å². The van der Waals surface area contributed by atoms with E-state index in [0.717, 1.165) is 25.7 Å². The minimum atomic E-state index is -0.746. The van der Waals surface area contributed by atoms with Crippen LogP contribution in [0.25, 0.3) is 0 Å². The summed E-state index contributed by atoms with van der Waals surface area (Å²) in [6.45, 7) is 2.55. The van der Waals surface area contributed by atoms with Gasteiger partial charge in [-0.05, 0) is 37.7 Å². The van der Waals surface area contributed by atoms with E-state index in [1.165, 1.54) is 12.3 Å². The molecule has 6 heteroatoms. The Morgan fingerprint density at radius 1 is 1.55 bits per heavy atom. The number of aromatic nitrogens is 1. The molecule has 2 rings (SSSR count). The number of anilines is 2. The lowest BCUT2D eigenvalue weighted by Crippen LogP contribution is -2.40. The van der Waals surface area contributed by atoms with Gasteiger partial charge in [-0.3, -0.25) is 4.79 Å². The molecule has 0 atom stereocenters. The highest BCUT2D eigenvalue weighted by molar-refractivity contribution is 5.98. The van der Waals surface area contributed by atoms with Crippen molar-refractivity contribution in [1.82, 2.24) is 4.98 Å². The highest BCUT2D eigenvalue weighted by Gasteiger charge is 2.31. The Labute approximate surface area is 118 Å². The van der Waals surface area contributed by atoms with Gasteiger partial charge in [-0.2, -0.15) is 0 Å². The summed E-state index contributed by atoms with van der Waals surface area (Å²) in [6, 6.07) is 1.49. The maximum Gasteiger partial charge on any atom is 0.252 e. The van der Waals surface area contributed by atoms with Gasteiger partial charge < -0.3 is 21.9 Å². The molecular formula is C14H22N4O2. The topological polar surface area (TPSA) is 114 Å². The van der Waals surface area contributed by atoms with Crippen molar-refractivity contribution in [3.63, 3.8) is 0 Å². The first-order chi connectivity index (χ1) is 9.39. The average Bonchev–Trinajstić information content (AvgIpc) is 2.41. The SMILES string of the molecule is CC1CCC(O)(CNc2ncc(N)cc2C(N)=O)CC1. The predicted molar refractivity (Wildman–Crippen MR) is 78.2 cm³/mol. The number of primary amides is 1. The van der Waals surface area contributed by atoms with Crippen molar-refractivity contribution in [3.8, 4) is 0 Å². The Morgan fingerprint density at radius 2 is 2.20 bits per heavy atom. The minimum absolute atomic E-state index is 0.248. The first-order valence-corrected chi connectivity index (χ1v) is 6.91. The van der Waals surface area contributed by atoms with Crippen LogP contribution >= 0.6 is 0 Å². The van der Waals surface area contributed by atoms with E-state index < -0.39 is 11.5 Å². The zero-order chi connectivity index (χ0) is 14.8. The van der Waals surface area contributed by atoms with Crippen molar-refractivity contribution in [3.05, 3.63) is 17.8 Å². The highest BCUT2D eigenvalue weighted by Crippen LogP contribution is 2.32. The molecule has 1 aliphatic carbocycles. The van der Waals surface area contributed by atoms with E-state index in [0.29, 0.717) is 24.0 Å². The normalized spacial score (nSPS) is 26.2. The van der Waals surface area contributed by atoms with Crippen LogP contribution in [0.2, 0.25) is 0 Å². The third kappa shape index (κ3) is 3.39. The smallest absolute Gasteiger partial charge is 0.252 e. The molecule has 1 aromatic heterocycles. The Balaban J connectivity index is 2.05. The van der Waals surface area contributed by atoms with Crippen LogP contribution < -0.4 is 16.8 Å². The van der Waals surface area contributed by atoms with Gasteiger partial charge in [0, 0.05) is 6.54 Å². The molecule has 110 valence electrons.